The molecule has 2 unspecified atom stereocenters. The summed E-state index contributed by atoms with van der Waals surface area (Å²) in [6.45, 7) is 6.12. The van der Waals surface area contributed by atoms with Crippen molar-refractivity contribution in [3.8, 4) is 11.4 Å². The van der Waals surface area contributed by atoms with Crippen LogP contribution in [0.3, 0.4) is 0 Å². The number of halogens is 1. The maximum absolute atomic E-state index is 13.4. The van der Waals surface area contributed by atoms with Gasteiger partial charge in [0.1, 0.15) is 23.6 Å². The molecule has 1 aromatic heterocycles. The Bertz CT molecular complexity index is 1170. The molecular weight excluding hydrogens is 407 g/mol. The van der Waals surface area contributed by atoms with Crippen LogP contribution in [0.25, 0.3) is 11.8 Å². The molecule has 0 aliphatic carbocycles. The summed E-state index contributed by atoms with van der Waals surface area (Å²) in [4.78, 5) is 10.8. The molecule has 1 N–H and O–H groups in total. The van der Waals surface area contributed by atoms with Gasteiger partial charge < -0.3 is 19.3 Å². The molecular formula is C25H27FN4O2. The molecule has 4 rings (SSSR count). The van der Waals surface area contributed by atoms with Crippen molar-refractivity contribution in [2.24, 2.45) is 4.99 Å². The molecule has 2 heterocycles. The number of benzene rings is 2. The second kappa shape index (κ2) is 8.59. The van der Waals surface area contributed by atoms with Gasteiger partial charge >= 0.3 is 0 Å². The van der Waals surface area contributed by atoms with E-state index < -0.39 is 11.8 Å². The molecule has 0 bridgehead atoms. The minimum Gasteiger partial charge on any atom is -0.495 e. The Kier molecular flexibility index (Phi) is 5.84. The fraction of sp³-hybridized carbons (Fsp3) is 0.280. The quantitative estimate of drug-likeness (QED) is 0.628. The highest BCUT2D eigenvalue weighted by molar-refractivity contribution is 5.98. The van der Waals surface area contributed by atoms with Gasteiger partial charge in [-0.2, -0.15) is 0 Å². The molecule has 0 fully saturated rings. The van der Waals surface area contributed by atoms with Crippen LogP contribution in [0.15, 0.2) is 66.1 Å². The van der Waals surface area contributed by atoms with Gasteiger partial charge in [0.25, 0.3) is 0 Å². The molecule has 1 aliphatic rings. The first kappa shape index (κ1) is 21.8. The number of aryl methyl sites for hydroxylation is 1. The van der Waals surface area contributed by atoms with Gasteiger partial charge in [-0.3, -0.25) is 4.99 Å². The third kappa shape index (κ3) is 4.03. The maximum atomic E-state index is 13.4. The summed E-state index contributed by atoms with van der Waals surface area (Å²) >= 11 is 0. The van der Waals surface area contributed by atoms with Gasteiger partial charge in [0, 0.05) is 6.20 Å². The molecule has 32 heavy (non-hydrogen) atoms. The number of aliphatic hydroxyl groups is 1. The van der Waals surface area contributed by atoms with Gasteiger partial charge in [0.15, 0.2) is 0 Å². The van der Waals surface area contributed by atoms with Crippen LogP contribution >= 0.6 is 0 Å². The Morgan fingerprint density at radius 1 is 1.19 bits per heavy atom. The van der Waals surface area contributed by atoms with E-state index in [1.165, 1.54) is 12.1 Å². The number of hydrogen-bond donors (Lipinski definition) is 1. The number of methoxy groups -OCH3 is 1. The number of aliphatic imine (C=N–C) groups is 1. The first-order chi connectivity index (χ1) is 15.3. The van der Waals surface area contributed by atoms with E-state index >= 15 is 0 Å². The Hall–Kier alpha value is -3.45. The number of amidine groups is 1. The molecule has 0 radical (unpaired) electrons. The third-order valence-electron chi connectivity index (χ3n) is 5.79. The SMILES string of the molecule is COc1cc(/C=C/C2=NCC(C)(c3ccc(F)cc3)N2C(C)O)ccc1-n1cnc(C)c1. The average Bonchev–Trinajstić information content (AvgIpc) is 3.36. The number of aromatic nitrogens is 2. The zero-order chi connectivity index (χ0) is 22.9. The Morgan fingerprint density at radius 3 is 2.56 bits per heavy atom. The topological polar surface area (TPSA) is 62.9 Å². The third-order valence-corrected chi connectivity index (χ3v) is 5.79. The van der Waals surface area contributed by atoms with Crippen molar-refractivity contribution in [1.82, 2.24) is 14.5 Å². The number of ether oxygens (including phenoxy) is 1. The van der Waals surface area contributed by atoms with Crippen LogP contribution < -0.4 is 4.74 Å². The molecule has 0 saturated heterocycles. The molecule has 2 atom stereocenters. The highest BCUT2D eigenvalue weighted by Crippen LogP contribution is 2.35. The van der Waals surface area contributed by atoms with Crippen LogP contribution in [0.2, 0.25) is 0 Å². The number of nitrogens with zero attached hydrogens (tertiary/aromatic N) is 4. The smallest absolute Gasteiger partial charge is 0.143 e. The van der Waals surface area contributed by atoms with E-state index in [-0.39, 0.29) is 5.82 Å². The van der Waals surface area contributed by atoms with E-state index in [4.69, 9.17) is 4.74 Å². The highest BCUT2D eigenvalue weighted by atomic mass is 19.1. The number of hydrogen-bond acceptors (Lipinski definition) is 5. The van der Waals surface area contributed by atoms with Crippen molar-refractivity contribution in [3.63, 3.8) is 0 Å². The molecule has 7 heteroatoms. The summed E-state index contributed by atoms with van der Waals surface area (Å²) in [5.41, 5.74) is 3.10. The van der Waals surface area contributed by atoms with Crippen molar-refractivity contribution in [3.05, 3.63) is 83.7 Å². The molecule has 6 nitrogen and oxygen atoms in total. The number of imidazole rings is 1. The van der Waals surface area contributed by atoms with Gasteiger partial charge in [-0.25, -0.2) is 9.37 Å². The Morgan fingerprint density at radius 2 is 1.94 bits per heavy atom. The predicted molar refractivity (Wildman–Crippen MR) is 123 cm³/mol. The lowest BCUT2D eigenvalue weighted by atomic mass is 9.90. The summed E-state index contributed by atoms with van der Waals surface area (Å²) in [7, 11) is 1.64. The van der Waals surface area contributed by atoms with Gasteiger partial charge in [0.2, 0.25) is 0 Å². The summed E-state index contributed by atoms with van der Waals surface area (Å²) < 4.78 is 20.9. The van der Waals surface area contributed by atoms with Crippen LogP contribution in [0.5, 0.6) is 5.75 Å². The zero-order valence-electron chi connectivity index (χ0n) is 18.7. The Labute approximate surface area is 187 Å². The fourth-order valence-electron chi connectivity index (χ4n) is 4.15. The Balaban J connectivity index is 1.60. The molecule has 1 aliphatic heterocycles. The lowest BCUT2D eigenvalue weighted by Gasteiger charge is -2.39. The number of rotatable bonds is 6. The van der Waals surface area contributed by atoms with E-state index in [2.05, 4.69) is 9.98 Å². The zero-order valence-corrected chi connectivity index (χ0v) is 18.7. The van der Waals surface area contributed by atoms with Crippen LogP contribution in [-0.4, -0.2) is 45.3 Å². The van der Waals surface area contributed by atoms with Crippen molar-refractivity contribution >= 4 is 11.9 Å². The highest BCUT2D eigenvalue weighted by Gasteiger charge is 2.41. The summed E-state index contributed by atoms with van der Waals surface area (Å²) in [6, 6.07) is 12.3. The second-order valence-electron chi connectivity index (χ2n) is 8.14. The van der Waals surface area contributed by atoms with Crippen LogP contribution in [0.4, 0.5) is 4.39 Å². The minimum atomic E-state index is -0.766. The van der Waals surface area contributed by atoms with Gasteiger partial charge in [-0.1, -0.05) is 24.3 Å². The van der Waals surface area contributed by atoms with Crippen molar-refractivity contribution < 1.29 is 14.2 Å². The molecule has 166 valence electrons. The van der Waals surface area contributed by atoms with E-state index in [0.717, 1.165) is 28.3 Å². The van der Waals surface area contributed by atoms with E-state index in [1.54, 1.807) is 32.5 Å². The summed E-state index contributed by atoms with van der Waals surface area (Å²) in [5, 5.41) is 10.5. The molecule has 0 saturated carbocycles. The maximum Gasteiger partial charge on any atom is 0.143 e. The standard InChI is InChI=1S/C25H27FN4O2/c1-17-14-29(16-28-17)22-11-5-19(13-23(22)32-4)6-12-24-27-15-25(3,30(24)18(2)31)20-7-9-21(26)10-8-20/h5-14,16,18,31H,15H2,1-4H3/b12-6+. The monoisotopic (exact) mass is 434 g/mol. The van der Waals surface area contributed by atoms with Gasteiger partial charge in [-0.15, -0.1) is 0 Å². The van der Waals surface area contributed by atoms with E-state index in [9.17, 15) is 9.50 Å². The van der Waals surface area contributed by atoms with Crippen LogP contribution in [0.1, 0.15) is 30.7 Å². The van der Waals surface area contributed by atoms with Gasteiger partial charge in [-0.05, 0) is 62.2 Å². The minimum absolute atomic E-state index is 0.289. The fourth-order valence-corrected chi connectivity index (χ4v) is 4.15. The first-order valence-corrected chi connectivity index (χ1v) is 10.5. The van der Waals surface area contributed by atoms with Crippen LogP contribution in [0, 0.1) is 12.7 Å². The van der Waals surface area contributed by atoms with Crippen molar-refractivity contribution in [2.45, 2.75) is 32.5 Å². The summed E-state index contributed by atoms with van der Waals surface area (Å²) in [5.74, 6) is 1.10. The first-order valence-electron chi connectivity index (χ1n) is 10.5. The molecule has 3 aromatic rings. The average molecular weight is 435 g/mol. The van der Waals surface area contributed by atoms with Gasteiger partial charge in [0.05, 0.1) is 36.9 Å². The largest absolute Gasteiger partial charge is 0.495 e. The second-order valence-corrected chi connectivity index (χ2v) is 8.14. The molecule has 0 spiro atoms. The normalized spacial score (nSPS) is 19.4. The van der Waals surface area contributed by atoms with E-state index in [0.29, 0.717) is 12.4 Å². The lowest BCUT2D eigenvalue weighted by molar-refractivity contribution is 0.0155. The lowest BCUT2D eigenvalue weighted by Crippen LogP contribution is -2.49. The molecule has 2 aromatic carbocycles. The molecule has 0 amide bonds. The van der Waals surface area contributed by atoms with E-state index in [1.807, 2.05) is 59.9 Å². The van der Waals surface area contributed by atoms with Crippen molar-refractivity contribution in [1.29, 1.82) is 0 Å². The van der Waals surface area contributed by atoms with Crippen molar-refractivity contribution in [2.75, 3.05) is 13.7 Å². The summed E-state index contributed by atoms with van der Waals surface area (Å²) in [6.07, 6.45) is 6.76. The predicted octanol–water partition coefficient (Wildman–Crippen LogP) is 4.31. The number of aliphatic hydroxyl groups excluding tert-OH is 1. The van der Waals surface area contributed by atoms with Crippen LogP contribution in [-0.2, 0) is 5.54 Å².